The lowest BCUT2D eigenvalue weighted by atomic mass is 10.2. The van der Waals surface area contributed by atoms with E-state index in [1.165, 1.54) is 31.9 Å². The molecule has 0 bridgehead atoms. The highest BCUT2D eigenvalue weighted by Gasteiger charge is 2.12. The molecule has 2 aromatic rings. The van der Waals surface area contributed by atoms with Crippen molar-refractivity contribution in [2.45, 2.75) is 32.2 Å². The first-order chi connectivity index (χ1) is 10.8. The van der Waals surface area contributed by atoms with Crippen molar-refractivity contribution in [2.24, 2.45) is 0 Å². The number of carbonyl (C=O) groups excluding carboxylic acids is 1. The molecule has 1 fully saturated rings. The smallest absolute Gasteiger partial charge is 0.273 e. The number of aromatic amines is 1. The van der Waals surface area contributed by atoms with Crippen LogP contribution in [0.25, 0.3) is 0 Å². The predicted octanol–water partition coefficient (Wildman–Crippen LogP) is 1.51. The van der Waals surface area contributed by atoms with Gasteiger partial charge in [0.15, 0.2) is 5.69 Å². The van der Waals surface area contributed by atoms with Gasteiger partial charge in [-0.1, -0.05) is 12.8 Å². The van der Waals surface area contributed by atoms with Gasteiger partial charge in [-0.15, -0.1) is 0 Å². The fourth-order valence-corrected chi connectivity index (χ4v) is 2.63. The second-order valence-corrected chi connectivity index (χ2v) is 5.46. The van der Waals surface area contributed by atoms with Crippen molar-refractivity contribution < 1.29 is 4.79 Å². The van der Waals surface area contributed by atoms with E-state index in [0.717, 1.165) is 24.5 Å². The Hall–Kier alpha value is -2.44. The molecule has 7 heteroatoms. The number of rotatable bonds is 4. The van der Waals surface area contributed by atoms with E-state index in [2.05, 4.69) is 30.6 Å². The number of pyridine rings is 1. The Morgan fingerprint density at radius 1 is 1.27 bits per heavy atom. The molecule has 0 aliphatic carbocycles. The first-order valence-electron chi connectivity index (χ1n) is 7.67. The summed E-state index contributed by atoms with van der Waals surface area (Å²) < 4.78 is 0. The first kappa shape index (κ1) is 14.5. The molecule has 3 rings (SSSR count). The molecule has 2 N–H and O–H groups in total. The van der Waals surface area contributed by atoms with Gasteiger partial charge in [0.1, 0.15) is 5.82 Å². The van der Waals surface area contributed by atoms with Gasteiger partial charge in [-0.2, -0.15) is 15.4 Å². The van der Waals surface area contributed by atoms with E-state index in [-0.39, 0.29) is 5.91 Å². The predicted molar refractivity (Wildman–Crippen MR) is 82.5 cm³/mol. The summed E-state index contributed by atoms with van der Waals surface area (Å²) in [4.78, 5) is 18.6. The Balaban J connectivity index is 1.62. The molecule has 2 aromatic heterocycles. The molecule has 116 valence electrons. The van der Waals surface area contributed by atoms with Gasteiger partial charge < -0.3 is 10.2 Å². The number of amides is 1. The number of aromatic nitrogens is 4. The van der Waals surface area contributed by atoms with Crippen LogP contribution in [0.3, 0.4) is 0 Å². The van der Waals surface area contributed by atoms with Crippen molar-refractivity contribution in [1.29, 1.82) is 0 Å². The Labute approximate surface area is 129 Å². The largest absolute Gasteiger partial charge is 0.357 e. The summed E-state index contributed by atoms with van der Waals surface area (Å²) in [6.07, 6.45) is 8.24. The van der Waals surface area contributed by atoms with E-state index in [4.69, 9.17) is 0 Å². The second-order valence-electron chi connectivity index (χ2n) is 5.46. The van der Waals surface area contributed by atoms with Crippen LogP contribution in [-0.2, 0) is 6.54 Å². The van der Waals surface area contributed by atoms with Gasteiger partial charge in [0.2, 0.25) is 0 Å². The lowest BCUT2D eigenvalue weighted by Gasteiger charge is -2.21. The zero-order valence-electron chi connectivity index (χ0n) is 12.5. The monoisotopic (exact) mass is 300 g/mol. The molecule has 0 saturated carbocycles. The minimum Gasteiger partial charge on any atom is -0.357 e. The van der Waals surface area contributed by atoms with Crippen LogP contribution in [0.15, 0.2) is 24.5 Å². The summed E-state index contributed by atoms with van der Waals surface area (Å²) in [5, 5.41) is 12.7. The Morgan fingerprint density at radius 3 is 2.82 bits per heavy atom. The summed E-state index contributed by atoms with van der Waals surface area (Å²) in [5.41, 5.74) is 1.33. The van der Waals surface area contributed by atoms with Crippen LogP contribution in [0, 0.1) is 0 Å². The van der Waals surface area contributed by atoms with Crippen LogP contribution >= 0.6 is 0 Å². The maximum Gasteiger partial charge on any atom is 0.273 e. The van der Waals surface area contributed by atoms with Gasteiger partial charge >= 0.3 is 0 Å². The quantitative estimate of drug-likeness (QED) is 0.893. The Kier molecular flexibility index (Phi) is 4.62. The van der Waals surface area contributed by atoms with E-state index in [0.29, 0.717) is 12.2 Å². The molecule has 1 aliphatic rings. The van der Waals surface area contributed by atoms with E-state index >= 15 is 0 Å². The van der Waals surface area contributed by atoms with Crippen molar-refractivity contribution in [3.05, 3.63) is 35.8 Å². The summed E-state index contributed by atoms with van der Waals surface area (Å²) in [5.74, 6) is 0.761. The SMILES string of the molecule is O=C(NCc1ccnc(N2CCCCCC2)c1)c1cn[nH]n1. The normalized spacial score (nSPS) is 15.4. The van der Waals surface area contributed by atoms with Crippen molar-refractivity contribution in [2.75, 3.05) is 18.0 Å². The highest BCUT2D eigenvalue weighted by molar-refractivity contribution is 5.91. The van der Waals surface area contributed by atoms with Crippen LogP contribution in [0.1, 0.15) is 41.7 Å². The molecule has 0 atom stereocenters. The minimum absolute atomic E-state index is 0.234. The highest BCUT2D eigenvalue weighted by Crippen LogP contribution is 2.18. The van der Waals surface area contributed by atoms with E-state index in [1.54, 1.807) is 6.20 Å². The van der Waals surface area contributed by atoms with Crippen LogP contribution in [0.5, 0.6) is 0 Å². The van der Waals surface area contributed by atoms with Crippen LogP contribution in [0.4, 0.5) is 5.82 Å². The molecule has 7 nitrogen and oxygen atoms in total. The molecule has 1 saturated heterocycles. The molecule has 0 unspecified atom stereocenters. The zero-order chi connectivity index (χ0) is 15.2. The number of hydrogen-bond acceptors (Lipinski definition) is 5. The average molecular weight is 300 g/mol. The molecular weight excluding hydrogens is 280 g/mol. The molecule has 22 heavy (non-hydrogen) atoms. The van der Waals surface area contributed by atoms with Crippen LogP contribution < -0.4 is 10.2 Å². The summed E-state index contributed by atoms with van der Waals surface area (Å²) in [6.45, 7) is 2.57. The maximum atomic E-state index is 11.9. The molecule has 1 amide bonds. The lowest BCUT2D eigenvalue weighted by molar-refractivity contribution is 0.0946. The number of anilines is 1. The standard InChI is InChI=1S/C15H20N6O/c22-15(13-11-18-20-19-13)17-10-12-5-6-16-14(9-12)21-7-3-1-2-4-8-21/h5-6,9,11H,1-4,7-8,10H2,(H,17,22)(H,18,19,20). The van der Waals surface area contributed by atoms with Crippen molar-refractivity contribution in [1.82, 2.24) is 25.7 Å². The number of nitrogens with zero attached hydrogens (tertiary/aromatic N) is 4. The van der Waals surface area contributed by atoms with Gasteiger partial charge in [0.25, 0.3) is 5.91 Å². The summed E-state index contributed by atoms with van der Waals surface area (Å²) in [6, 6.07) is 3.97. The van der Waals surface area contributed by atoms with Gasteiger partial charge in [0, 0.05) is 25.8 Å². The highest BCUT2D eigenvalue weighted by atomic mass is 16.1. The topological polar surface area (TPSA) is 86.8 Å². The lowest BCUT2D eigenvalue weighted by Crippen LogP contribution is -2.26. The first-order valence-corrected chi connectivity index (χ1v) is 7.67. The van der Waals surface area contributed by atoms with E-state index in [9.17, 15) is 4.79 Å². The third kappa shape index (κ3) is 3.60. The number of nitrogens with one attached hydrogen (secondary N) is 2. The number of hydrogen-bond donors (Lipinski definition) is 2. The van der Waals surface area contributed by atoms with Gasteiger partial charge in [-0.25, -0.2) is 4.98 Å². The van der Waals surface area contributed by atoms with Gasteiger partial charge in [-0.05, 0) is 30.5 Å². The van der Waals surface area contributed by atoms with Crippen molar-refractivity contribution >= 4 is 11.7 Å². The zero-order valence-corrected chi connectivity index (χ0v) is 12.5. The van der Waals surface area contributed by atoms with Crippen LogP contribution in [0.2, 0.25) is 0 Å². The Morgan fingerprint density at radius 2 is 2.09 bits per heavy atom. The van der Waals surface area contributed by atoms with Crippen molar-refractivity contribution in [3.63, 3.8) is 0 Å². The van der Waals surface area contributed by atoms with E-state index in [1.807, 2.05) is 12.1 Å². The van der Waals surface area contributed by atoms with Gasteiger partial charge in [0.05, 0.1) is 6.20 Å². The number of H-pyrrole nitrogens is 1. The minimum atomic E-state index is -0.234. The van der Waals surface area contributed by atoms with Crippen LogP contribution in [-0.4, -0.2) is 39.4 Å². The fourth-order valence-electron chi connectivity index (χ4n) is 2.63. The third-order valence-corrected chi connectivity index (χ3v) is 3.84. The molecule has 0 spiro atoms. The van der Waals surface area contributed by atoms with E-state index < -0.39 is 0 Å². The molecule has 0 aromatic carbocycles. The fraction of sp³-hybridized carbons (Fsp3) is 0.467. The summed E-state index contributed by atoms with van der Waals surface area (Å²) >= 11 is 0. The summed E-state index contributed by atoms with van der Waals surface area (Å²) in [7, 11) is 0. The molecule has 1 aliphatic heterocycles. The Bertz CT molecular complexity index is 604. The maximum absolute atomic E-state index is 11.9. The third-order valence-electron chi connectivity index (χ3n) is 3.84. The molecule has 3 heterocycles. The van der Waals surface area contributed by atoms with Crippen molar-refractivity contribution in [3.8, 4) is 0 Å². The van der Waals surface area contributed by atoms with Gasteiger partial charge in [-0.3, -0.25) is 4.79 Å². The molecular formula is C15H20N6O. The molecule has 0 radical (unpaired) electrons. The number of carbonyl (C=O) groups is 1. The second kappa shape index (κ2) is 7.02. The average Bonchev–Trinajstić information content (AvgIpc) is 2.95.